The molecule has 2 aliphatic rings. The van der Waals surface area contributed by atoms with Crippen molar-refractivity contribution in [3.8, 4) is 0 Å². The van der Waals surface area contributed by atoms with Gasteiger partial charge in [-0.05, 0) is 24.5 Å². The van der Waals surface area contributed by atoms with Crippen molar-refractivity contribution in [1.29, 1.82) is 0 Å². The Bertz CT molecular complexity index is 887. The largest absolute Gasteiger partial charge is 0.293 e. The molecule has 4 rings (SSSR count). The van der Waals surface area contributed by atoms with E-state index in [9.17, 15) is 9.59 Å². The smallest absolute Gasteiger partial charge is 0.190 e. The summed E-state index contributed by atoms with van der Waals surface area (Å²) < 4.78 is 0. The molecule has 0 bridgehead atoms. The molecule has 0 saturated carbocycles. The number of Topliss-reactive ketones (excluding diaryl/α,β-unsaturated/α-hetero) is 2. The summed E-state index contributed by atoms with van der Waals surface area (Å²) in [5, 5.41) is 0. The van der Waals surface area contributed by atoms with E-state index in [0.29, 0.717) is 23.1 Å². The standard InChI is InChI=1S/C21H16O2/c1-21-13-15(14-7-3-2-4-8-14)11-12-18(21)19(22)16-9-5-6-10-17(16)20(21)23/h2-12H,13H2,1H3/t21-/m0/s1. The van der Waals surface area contributed by atoms with Gasteiger partial charge in [-0.15, -0.1) is 0 Å². The molecule has 2 nitrogen and oxygen atoms in total. The highest BCUT2D eigenvalue weighted by molar-refractivity contribution is 6.25. The number of hydrogen-bond donors (Lipinski definition) is 0. The quantitative estimate of drug-likeness (QED) is 0.778. The number of allylic oxidation sites excluding steroid dienone is 4. The van der Waals surface area contributed by atoms with Gasteiger partial charge in [0, 0.05) is 16.7 Å². The maximum atomic E-state index is 13.1. The van der Waals surface area contributed by atoms with Crippen molar-refractivity contribution in [1.82, 2.24) is 0 Å². The Hall–Kier alpha value is -2.74. The van der Waals surface area contributed by atoms with Crippen LogP contribution < -0.4 is 0 Å². The van der Waals surface area contributed by atoms with Gasteiger partial charge < -0.3 is 0 Å². The predicted octanol–water partition coefficient (Wildman–Crippen LogP) is 4.49. The average molecular weight is 300 g/mol. The highest BCUT2D eigenvalue weighted by Crippen LogP contribution is 2.47. The number of rotatable bonds is 1. The van der Waals surface area contributed by atoms with E-state index < -0.39 is 5.41 Å². The van der Waals surface area contributed by atoms with Crippen LogP contribution >= 0.6 is 0 Å². The molecule has 0 aromatic heterocycles. The fourth-order valence-electron chi connectivity index (χ4n) is 3.60. The molecule has 2 aliphatic carbocycles. The van der Waals surface area contributed by atoms with Crippen LogP contribution in [0, 0.1) is 5.41 Å². The Balaban J connectivity index is 1.87. The summed E-state index contributed by atoms with van der Waals surface area (Å²) in [7, 11) is 0. The van der Waals surface area contributed by atoms with E-state index >= 15 is 0 Å². The zero-order chi connectivity index (χ0) is 16.0. The first-order valence-corrected chi connectivity index (χ1v) is 7.76. The Morgan fingerprint density at radius 3 is 2.22 bits per heavy atom. The molecule has 0 heterocycles. The Kier molecular flexibility index (Phi) is 2.95. The second kappa shape index (κ2) is 4.88. The van der Waals surface area contributed by atoms with E-state index in [0.717, 1.165) is 11.1 Å². The van der Waals surface area contributed by atoms with E-state index in [-0.39, 0.29) is 11.6 Å². The fraction of sp³-hybridized carbons (Fsp3) is 0.143. The van der Waals surface area contributed by atoms with E-state index in [1.54, 1.807) is 18.2 Å². The maximum absolute atomic E-state index is 13.1. The molecule has 2 aromatic carbocycles. The van der Waals surface area contributed by atoms with Crippen molar-refractivity contribution in [2.75, 3.05) is 0 Å². The Morgan fingerprint density at radius 1 is 0.826 bits per heavy atom. The van der Waals surface area contributed by atoms with Gasteiger partial charge in [-0.25, -0.2) is 0 Å². The number of fused-ring (bicyclic) bond motifs is 2. The van der Waals surface area contributed by atoms with Crippen molar-refractivity contribution in [2.24, 2.45) is 5.41 Å². The second-order valence-electron chi connectivity index (χ2n) is 6.35. The lowest BCUT2D eigenvalue weighted by atomic mass is 9.62. The van der Waals surface area contributed by atoms with Crippen LogP contribution in [0.15, 0.2) is 72.3 Å². The van der Waals surface area contributed by atoms with Crippen LogP contribution in [0.4, 0.5) is 0 Å². The Labute approximate surface area is 135 Å². The molecule has 0 fully saturated rings. The molecule has 0 spiro atoms. The summed E-state index contributed by atoms with van der Waals surface area (Å²) in [5.41, 5.74) is 3.11. The minimum atomic E-state index is -0.772. The summed E-state index contributed by atoms with van der Waals surface area (Å²) in [5.74, 6) is 0.0199. The zero-order valence-electron chi connectivity index (χ0n) is 12.9. The van der Waals surface area contributed by atoms with Crippen molar-refractivity contribution in [2.45, 2.75) is 13.3 Å². The monoisotopic (exact) mass is 300 g/mol. The van der Waals surface area contributed by atoms with Crippen LogP contribution in [0.3, 0.4) is 0 Å². The molecular formula is C21H16O2. The van der Waals surface area contributed by atoms with Gasteiger partial charge in [0.1, 0.15) is 0 Å². The molecule has 0 saturated heterocycles. The van der Waals surface area contributed by atoms with E-state index in [2.05, 4.69) is 0 Å². The van der Waals surface area contributed by atoms with Crippen LogP contribution in [-0.2, 0) is 0 Å². The number of benzene rings is 2. The SMILES string of the molecule is C[C@]12CC(c3ccccc3)=CC=C1C(=O)c1ccccc1C2=O. The van der Waals surface area contributed by atoms with Crippen molar-refractivity contribution >= 4 is 17.1 Å². The third-order valence-electron chi connectivity index (χ3n) is 4.90. The molecule has 112 valence electrons. The second-order valence-corrected chi connectivity index (χ2v) is 6.35. The first-order chi connectivity index (χ1) is 11.1. The predicted molar refractivity (Wildman–Crippen MR) is 90.3 cm³/mol. The van der Waals surface area contributed by atoms with Gasteiger partial charge in [-0.2, -0.15) is 0 Å². The highest BCUT2D eigenvalue weighted by Gasteiger charge is 2.47. The van der Waals surface area contributed by atoms with Gasteiger partial charge in [-0.3, -0.25) is 9.59 Å². The lowest BCUT2D eigenvalue weighted by Gasteiger charge is -2.37. The van der Waals surface area contributed by atoms with E-state index in [1.165, 1.54) is 0 Å². The summed E-state index contributed by atoms with van der Waals surface area (Å²) in [4.78, 5) is 25.9. The molecule has 2 aromatic rings. The van der Waals surface area contributed by atoms with Gasteiger partial charge in [-0.1, -0.05) is 66.7 Å². The lowest BCUT2D eigenvalue weighted by Crippen LogP contribution is -2.40. The molecule has 0 N–H and O–H groups in total. The number of ketones is 2. The Morgan fingerprint density at radius 2 is 1.48 bits per heavy atom. The summed E-state index contributed by atoms with van der Waals surface area (Å²) in [6.07, 6.45) is 4.37. The van der Waals surface area contributed by atoms with Crippen LogP contribution in [0.25, 0.3) is 5.57 Å². The van der Waals surface area contributed by atoms with Gasteiger partial charge in [0.2, 0.25) is 0 Å². The first kappa shape index (κ1) is 13.9. The van der Waals surface area contributed by atoms with Crippen LogP contribution in [0.5, 0.6) is 0 Å². The summed E-state index contributed by atoms with van der Waals surface area (Å²) >= 11 is 0. The molecule has 0 radical (unpaired) electrons. The normalized spacial score (nSPS) is 22.8. The molecule has 23 heavy (non-hydrogen) atoms. The molecule has 1 atom stereocenters. The maximum Gasteiger partial charge on any atom is 0.190 e. The van der Waals surface area contributed by atoms with Crippen LogP contribution in [-0.4, -0.2) is 11.6 Å². The zero-order valence-corrected chi connectivity index (χ0v) is 12.9. The van der Waals surface area contributed by atoms with Gasteiger partial charge >= 0.3 is 0 Å². The number of carbonyl (C=O) groups is 2. The molecule has 0 aliphatic heterocycles. The number of carbonyl (C=O) groups excluding carboxylic acids is 2. The first-order valence-electron chi connectivity index (χ1n) is 7.76. The summed E-state index contributed by atoms with van der Waals surface area (Å²) in [6.45, 7) is 1.89. The topological polar surface area (TPSA) is 34.1 Å². The third-order valence-corrected chi connectivity index (χ3v) is 4.90. The molecule has 0 unspecified atom stereocenters. The van der Waals surface area contributed by atoms with Gasteiger partial charge in [0.15, 0.2) is 11.6 Å². The minimum absolute atomic E-state index is 0.0222. The molecular weight excluding hydrogens is 284 g/mol. The minimum Gasteiger partial charge on any atom is -0.293 e. The average Bonchev–Trinajstić information content (AvgIpc) is 2.60. The molecule has 2 heteroatoms. The number of hydrogen-bond acceptors (Lipinski definition) is 2. The lowest BCUT2D eigenvalue weighted by molar-refractivity contribution is 0.0803. The fourth-order valence-corrected chi connectivity index (χ4v) is 3.60. The molecule has 0 amide bonds. The third kappa shape index (κ3) is 1.95. The van der Waals surface area contributed by atoms with Crippen molar-refractivity contribution in [3.63, 3.8) is 0 Å². The van der Waals surface area contributed by atoms with Gasteiger partial charge in [0.05, 0.1) is 5.41 Å². The van der Waals surface area contributed by atoms with Gasteiger partial charge in [0.25, 0.3) is 0 Å². The van der Waals surface area contributed by atoms with E-state index in [1.807, 2.05) is 55.5 Å². The van der Waals surface area contributed by atoms with Crippen molar-refractivity contribution < 1.29 is 9.59 Å². The summed E-state index contributed by atoms with van der Waals surface area (Å²) in [6, 6.07) is 17.2. The van der Waals surface area contributed by atoms with Crippen molar-refractivity contribution in [3.05, 3.63) is 89.0 Å². The highest BCUT2D eigenvalue weighted by atomic mass is 16.1. The van der Waals surface area contributed by atoms with Crippen LogP contribution in [0.1, 0.15) is 39.6 Å². The van der Waals surface area contributed by atoms with Crippen LogP contribution in [0.2, 0.25) is 0 Å². The van der Waals surface area contributed by atoms with E-state index in [4.69, 9.17) is 0 Å².